The maximum atomic E-state index is 4.97. The third kappa shape index (κ3) is 2.49. The van der Waals surface area contributed by atoms with E-state index in [1.807, 2.05) is 13.8 Å². The van der Waals surface area contributed by atoms with Gasteiger partial charge in [-0.3, -0.25) is 5.32 Å². The van der Waals surface area contributed by atoms with Gasteiger partial charge in [0.25, 0.3) is 0 Å². The van der Waals surface area contributed by atoms with Crippen LogP contribution in [0.2, 0.25) is 0 Å². The molecule has 4 nitrogen and oxygen atoms in total. The number of nitrogens with zero attached hydrogens (tertiary/aromatic N) is 2. The summed E-state index contributed by atoms with van der Waals surface area (Å²) < 4.78 is 4.97. The molecule has 1 aromatic rings. The van der Waals surface area contributed by atoms with Gasteiger partial charge >= 0.3 is 0 Å². The Kier molecular flexibility index (Phi) is 3.11. The van der Waals surface area contributed by atoms with Gasteiger partial charge in [-0.15, -0.1) is 0 Å². The molecule has 68 valence electrons. The van der Waals surface area contributed by atoms with Crippen LogP contribution < -0.4 is 5.32 Å². The summed E-state index contributed by atoms with van der Waals surface area (Å²) >= 11 is 4.19. The molecule has 0 bridgehead atoms. The second-order valence-electron chi connectivity index (χ2n) is 2.74. The first-order chi connectivity index (χ1) is 5.59. The topological polar surface area (TPSA) is 51.0 Å². The average Bonchev–Trinajstić information content (AvgIpc) is 2.34. The Morgan fingerprint density at radius 2 is 2.17 bits per heavy atom. The van der Waals surface area contributed by atoms with E-state index < -0.39 is 0 Å². The molecule has 12 heavy (non-hydrogen) atoms. The zero-order chi connectivity index (χ0) is 9.14. The average molecular weight is 187 g/mol. The van der Waals surface area contributed by atoms with Crippen molar-refractivity contribution in [3.05, 3.63) is 11.7 Å². The fourth-order valence-electron chi connectivity index (χ4n) is 0.922. The van der Waals surface area contributed by atoms with E-state index in [1.165, 1.54) is 0 Å². The molecule has 5 heteroatoms. The summed E-state index contributed by atoms with van der Waals surface area (Å²) in [6.45, 7) is 5.70. The molecule has 1 aromatic heterocycles. The second kappa shape index (κ2) is 3.91. The standard InChI is InChI=1S/C7H13N3OS/c1-4(8-6(3)12)7-9-5(2)10-11-7/h4,6,8,12H,1-3H3. The molecule has 0 saturated carbocycles. The van der Waals surface area contributed by atoms with E-state index in [-0.39, 0.29) is 11.4 Å². The molecule has 2 unspecified atom stereocenters. The van der Waals surface area contributed by atoms with Crippen molar-refractivity contribution in [2.75, 3.05) is 0 Å². The summed E-state index contributed by atoms with van der Waals surface area (Å²) in [4.78, 5) is 4.09. The maximum absolute atomic E-state index is 4.97. The first kappa shape index (κ1) is 9.54. The van der Waals surface area contributed by atoms with Crippen LogP contribution >= 0.6 is 12.6 Å². The van der Waals surface area contributed by atoms with Crippen LogP contribution in [0.3, 0.4) is 0 Å². The molecule has 2 atom stereocenters. The number of thiol groups is 1. The summed E-state index contributed by atoms with van der Waals surface area (Å²) in [6, 6.07) is 0.0544. The molecule has 0 radical (unpaired) electrons. The van der Waals surface area contributed by atoms with Crippen LogP contribution in [0.25, 0.3) is 0 Å². The van der Waals surface area contributed by atoms with Crippen molar-refractivity contribution in [3.63, 3.8) is 0 Å². The monoisotopic (exact) mass is 187 g/mol. The van der Waals surface area contributed by atoms with Crippen LogP contribution in [0, 0.1) is 6.92 Å². The molecule has 1 N–H and O–H groups in total. The van der Waals surface area contributed by atoms with Gasteiger partial charge in [0, 0.05) is 5.37 Å². The predicted octanol–water partition coefficient (Wildman–Crippen LogP) is 1.30. The number of aryl methyl sites for hydroxylation is 1. The highest BCUT2D eigenvalue weighted by atomic mass is 32.1. The molecule has 0 aliphatic heterocycles. The van der Waals surface area contributed by atoms with Crippen LogP contribution in [0.15, 0.2) is 4.52 Å². The van der Waals surface area contributed by atoms with Crippen molar-refractivity contribution < 1.29 is 4.52 Å². The van der Waals surface area contributed by atoms with E-state index in [4.69, 9.17) is 4.52 Å². The molecular formula is C7H13N3OS. The summed E-state index contributed by atoms with van der Waals surface area (Å²) in [5, 5.41) is 6.95. The van der Waals surface area contributed by atoms with Crippen LogP contribution in [0.4, 0.5) is 0 Å². The summed E-state index contributed by atoms with van der Waals surface area (Å²) in [5.74, 6) is 1.26. The predicted molar refractivity (Wildman–Crippen MR) is 49.0 cm³/mol. The quantitative estimate of drug-likeness (QED) is 0.553. The lowest BCUT2D eigenvalue weighted by Gasteiger charge is -2.11. The highest BCUT2D eigenvalue weighted by Gasteiger charge is 2.12. The van der Waals surface area contributed by atoms with Gasteiger partial charge in [-0.05, 0) is 20.8 Å². The van der Waals surface area contributed by atoms with Gasteiger partial charge in [-0.1, -0.05) is 5.16 Å². The first-order valence-corrected chi connectivity index (χ1v) is 4.35. The summed E-state index contributed by atoms with van der Waals surface area (Å²) in [5.41, 5.74) is 0. The Morgan fingerprint density at radius 3 is 2.58 bits per heavy atom. The zero-order valence-electron chi connectivity index (χ0n) is 7.40. The summed E-state index contributed by atoms with van der Waals surface area (Å²) in [6.07, 6.45) is 0. The SMILES string of the molecule is Cc1noc(C(C)NC(C)S)n1. The lowest BCUT2D eigenvalue weighted by Crippen LogP contribution is -2.24. The first-order valence-electron chi connectivity index (χ1n) is 3.84. The van der Waals surface area contributed by atoms with Crippen LogP contribution in [0.5, 0.6) is 0 Å². The largest absolute Gasteiger partial charge is 0.338 e. The van der Waals surface area contributed by atoms with E-state index >= 15 is 0 Å². The minimum absolute atomic E-state index is 0.0544. The van der Waals surface area contributed by atoms with Gasteiger partial charge in [-0.2, -0.15) is 17.6 Å². The number of rotatable bonds is 3. The number of aromatic nitrogens is 2. The van der Waals surface area contributed by atoms with E-state index in [2.05, 4.69) is 28.1 Å². The van der Waals surface area contributed by atoms with Crippen molar-refractivity contribution in [1.29, 1.82) is 0 Å². The Morgan fingerprint density at radius 1 is 1.50 bits per heavy atom. The molecule has 0 aliphatic rings. The van der Waals surface area contributed by atoms with E-state index in [1.54, 1.807) is 6.92 Å². The molecule has 0 aromatic carbocycles. The van der Waals surface area contributed by atoms with Gasteiger partial charge in [0.15, 0.2) is 5.82 Å². The van der Waals surface area contributed by atoms with Gasteiger partial charge < -0.3 is 4.52 Å². The highest BCUT2D eigenvalue weighted by molar-refractivity contribution is 7.80. The van der Waals surface area contributed by atoms with Crippen molar-refractivity contribution in [2.24, 2.45) is 0 Å². The third-order valence-corrected chi connectivity index (χ3v) is 1.55. The molecule has 0 spiro atoms. The Hall–Kier alpha value is -0.550. The van der Waals surface area contributed by atoms with Gasteiger partial charge in [0.2, 0.25) is 5.89 Å². The zero-order valence-corrected chi connectivity index (χ0v) is 8.30. The van der Waals surface area contributed by atoms with E-state index in [0.29, 0.717) is 11.7 Å². The number of hydrogen-bond acceptors (Lipinski definition) is 5. The minimum Gasteiger partial charge on any atom is -0.338 e. The van der Waals surface area contributed by atoms with Gasteiger partial charge in [-0.25, -0.2) is 0 Å². The smallest absolute Gasteiger partial charge is 0.243 e. The van der Waals surface area contributed by atoms with E-state index in [0.717, 1.165) is 0 Å². The Labute approximate surface area is 77.1 Å². The van der Waals surface area contributed by atoms with Crippen LogP contribution in [-0.2, 0) is 0 Å². The molecule has 1 heterocycles. The number of nitrogens with one attached hydrogen (secondary N) is 1. The van der Waals surface area contributed by atoms with Gasteiger partial charge in [0.05, 0.1) is 6.04 Å². The Balaban J connectivity index is 2.58. The van der Waals surface area contributed by atoms with Crippen LogP contribution in [0.1, 0.15) is 31.6 Å². The van der Waals surface area contributed by atoms with Crippen molar-refractivity contribution in [1.82, 2.24) is 15.5 Å². The fourth-order valence-corrected chi connectivity index (χ4v) is 1.15. The lowest BCUT2D eigenvalue weighted by molar-refractivity contribution is 0.337. The highest BCUT2D eigenvalue weighted by Crippen LogP contribution is 2.10. The molecular weight excluding hydrogens is 174 g/mol. The molecule has 0 aliphatic carbocycles. The normalized spacial score (nSPS) is 16.0. The second-order valence-corrected chi connectivity index (χ2v) is 3.52. The Bertz CT molecular complexity index is 249. The fraction of sp³-hybridized carbons (Fsp3) is 0.714. The molecule has 0 amide bonds. The summed E-state index contributed by atoms with van der Waals surface area (Å²) in [7, 11) is 0. The molecule has 0 fully saturated rings. The van der Waals surface area contributed by atoms with Crippen molar-refractivity contribution in [3.8, 4) is 0 Å². The molecule has 0 saturated heterocycles. The molecule has 1 rings (SSSR count). The van der Waals surface area contributed by atoms with Crippen LogP contribution in [-0.4, -0.2) is 15.5 Å². The minimum atomic E-state index is 0.0544. The van der Waals surface area contributed by atoms with E-state index in [9.17, 15) is 0 Å². The maximum Gasteiger partial charge on any atom is 0.243 e. The van der Waals surface area contributed by atoms with Crippen molar-refractivity contribution in [2.45, 2.75) is 32.2 Å². The van der Waals surface area contributed by atoms with Crippen molar-refractivity contribution >= 4 is 12.6 Å². The van der Waals surface area contributed by atoms with Gasteiger partial charge in [0.1, 0.15) is 0 Å². The third-order valence-electron chi connectivity index (χ3n) is 1.40. The number of hydrogen-bond donors (Lipinski definition) is 2. The lowest BCUT2D eigenvalue weighted by atomic mass is 10.3.